The van der Waals surface area contributed by atoms with Gasteiger partial charge in [-0.3, -0.25) is 9.59 Å². The minimum atomic E-state index is -0.262. The normalized spacial score (nSPS) is 17.1. The maximum Gasteiger partial charge on any atom is 0.229 e. The molecule has 0 spiro atoms. The molecule has 2 aromatic rings. The molecule has 0 aliphatic carbocycles. The van der Waals surface area contributed by atoms with Crippen LogP contribution in [-0.4, -0.2) is 29.8 Å². The van der Waals surface area contributed by atoms with Crippen LogP contribution in [0.25, 0.3) is 0 Å². The molecule has 4 nitrogen and oxygen atoms in total. The Kier molecular flexibility index (Phi) is 4.94. The third kappa shape index (κ3) is 3.65. The van der Waals surface area contributed by atoms with Crippen LogP contribution in [0.5, 0.6) is 0 Å². The van der Waals surface area contributed by atoms with Crippen LogP contribution in [0.4, 0.5) is 5.69 Å². The number of likely N-dealkylation sites (tertiary alicyclic amines) is 1. The summed E-state index contributed by atoms with van der Waals surface area (Å²) in [7, 11) is 0. The molecule has 124 valence electrons. The van der Waals surface area contributed by atoms with Crippen molar-refractivity contribution in [1.29, 1.82) is 0 Å². The second-order valence-corrected chi connectivity index (χ2v) is 6.14. The summed E-state index contributed by atoms with van der Waals surface area (Å²) in [6, 6.07) is 18.0. The summed E-state index contributed by atoms with van der Waals surface area (Å²) in [5, 5.41) is 3.02. The molecule has 0 bridgehead atoms. The molecule has 0 saturated carbocycles. The number of amides is 2. The molecular formula is C20H22N2O2. The van der Waals surface area contributed by atoms with E-state index < -0.39 is 0 Å². The quantitative estimate of drug-likeness (QED) is 0.919. The van der Waals surface area contributed by atoms with E-state index >= 15 is 0 Å². The molecule has 1 aliphatic heterocycles. The smallest absolute Gasteiger partial charge is 0.229 e. The topological polar surface area (TPSA) is 49.4 Å². The first-order chi connectivity index (χ1) is 11.7. The number of hydrogen-bond acceptors (Lipinski definition) is 2. The Morgan fingerprint density at radius 3 is 2.54 bits per heavy atom. The predicted molar refractivity (Wildman–Crippen MR) is 94.7 cm³/mol. The highest BCUT2D eigenvalue weighted by atomic mass is 16.2. The van der Waals surface area contributed by atoms with E-state index in [-0.39, 0.29) is 17.7 Å². The van der Waals surface area contributed by atoms with Gasteiger partial charge >= 0.3 is 0 Å². The van der Waals surface area contributed by atoms with Gasteiger partial charge in [0.05, 0.1) is 5.92 Å². The lowest BCUT2D eigenvalue weighted by Gasteiger charge is -2.15. The van der Waals surface area contributed by atoms with Crippen LogP contribution in [0.1, 0.15) is 24.5 Å². The first-order valence-electron chi connectivity index (χ1n) is 8.38. The average Bonchev–Trinajstić information content (AvgIpc) is 2.98. The van der Waals surface area contributed by atoms with E-state index in [9.17, 15) is 9.59 Å². The van der Waals surface area contributed by atoms with Crippen LogP contribution in [0.2, 0.25) is 0 Å². The molecule has 2 amide bonds. The zero-order valence-corrected chi connectivity index (χ0v) is 13.9. The second-order valence-electron chi connectivity index (χ2n) is 6.14. The van der Waals surface area contributed by atoms with Crippen molar-refractivity contribution < 1.29 is 9.59 Å². The van der Waals surface area contributed by atoms with Crippen LogP contribution in [-0.2, 0) is 16.0 Å². The molecule has 2 aromatic carbocycles. The number of nitrogens with one attached hydrogen (secondary N) is 1. The van der Waals surface area contributed by atoms with Crippen LogP contribution < -0.4 is 5.32 Å². The Hall–Kier alpha value is -2.62. The summed E-state index contributed by atoms with van der Waals surface area (Å²) in [6.45, 7) is 3.11. The number of hydrogen-bond donors (Lipinski definition) is 1. The number of para-hydroxylation sites is 1. The van der Waals surface area contributed by atoms with Gasteiger partial charge in [-0.1, -0.05) is 48.5 Å². The van der Waals surface area contributed by atoms with Gasteiger partial charge in [-0.15, -0.1) is 0 Å². The number of rotatable bonds is 5. The van der Waals surface area contributed by atoms with Gasteiger partial charge in [0.15, 0.2) is 0 Å². The fraction of sp³-hybridized carbons (Fsp3) is 0.300. The number of carbonyl (C=O) groups is 2. The molecule has 1 fully saturated rings. The Bertz CT molecular complexity index is 727. The van der Waals surface area contributed by atoms with Gasteiger partial charge in [-0.2, -0.15) is 0 Å². The third-order valence-electron chi connectivity index (χ3n) is 4.48. The summed E-state index contributed by atoms with van der Waals surface area (Å²) in [5.74, 6) is -0.266. The van der Waals surface area contributed by atoms with Crippen LogP contribution >= 0.6 is 0 Å². The van der Waals surface area contributed by atoms with Crippen molar-refractivity contribution in [3.8, 4) is 0 Å². The molecule has 24 heavy (non-hydrogen) atoms. The fourth-order valence-corrected chi connectivity index (χ4v) is 3.10. The molecule has 3 rings (SSSR count). The summed E-state index contributed by atoms with van der Waals surface area (Å²) in [6.07, 6.45) is 1.07. The first-order valence-corrected chi connectivity index (χ1v) is 8.38. The highest BCUT2D eigenvalue weighted by molar-refractivity contribution is 5.97. The fourth-order valence-electron chi connectivity index (χ4n) is 3.10. The van der Waals surface area contributed by atoms with Crippen LogP contribution in [0, 0.1) is 5.92 Å². The highest BCUT2D eigenvalue weighted by Crippen LogP contribution is 2.23. The lowest BCUT2D eigenvalue weighted by molar-refractivity contribution is -0.128. The van der Waals surface area contributed by atoms with Gasteiger partial charge in [-0.05, 0) is 30.5 Å². The monoisotopic (exact) mass is 322 g/mol. The van der Waals surface area contributed by atoms with E-state index in [0.717, 1.165) is 17.7 Å². The first kappa shape index (κ1) is 16.2. The molecular weight excluding hydrogens is 300 g/mol. The largest absolute Gasteiger partial charge is 0.342 e. The Morgan fingerprint density at radius 2 is 1.83 bits per heavy atom. The van der Waals surface area contributed by atoms with Gasteiger partial charge in [0.2, 0.25) is 11.8 Å². The molecule has 1 aliphatic rings. The van der Waals surface area contributed by atoms with Crippen molar-refractivity contribution in [3.63, 3.8) is 0 Å². The number of anilines is 1. The van der Waals surface area contributed by atoms with Gasteiger partial charge in [-0.25, -0.2) is 0 Å². The maximum atomic E-state index is 12.5. The van der Waals surface area contributed by atoms with Gasteiger partial charge < -0.3 is 10.2 Å². The maximum absolute atomic E-state index is 12.5. The summed E-state index contributed by atoms with van der Waals surface area (Å²) in [4.78, 5) is 26.1. The summed E-state index contributed by atoms with van der Waals surface area (Å²) >= 11 is 0. The molecule has 0 aromatic heterocycles. The third-order valence-corrected chi connectivity index (χ3v) is 4.48. The molecule has 1 heterocycles. The zero-order chi connectivity index (χ0) is 16.9. The van der Waals surface area contributed by atoms with E-state index in [1.165, 1.54) is 5.56 Å². The predicted octanol–water partition coefficient (Wildman–Crippen LogP) is 3.08. The highest BCUT2D eigenvalue weighted by Gasteiger charge is 2.33. The minimum Gasteiger partial charge on any atom is -0.342 e. The van der Waals surface area contributed by atoms with E-state index in [1.807, 2.05) is 49.4 Å². The molecule has 0 radical (unpaired) electrons. The molecule has 1 saturated heterocycles. The van der Waals surface area contributed by atoms with E-state index in [0.29, 0.717) is 19.5 Å². The second kappa shape index (κ2) is 7.30. The number of benzene rings is 2. The van der Waals surface area contributed by atoms with E-state index in [1.54, 1.807) is 4.90 Å². The van der Waals surface area contributed by atoms with E-state index in [2.05, 4.69) is 17.4 Å². The SMILES string of the molecule is CCN1CC(C(=O)Nc2ccccc2Cc2ccccc2)CC1=O. The van der Waals surface area contributed by atoms with Crippen molar-refractivity contribution in [2.24, 2.45) is 5.92 Å². The summed E-state index contributed by atoms with van der Waals surface area (Å²) in [5.41, 5.74) is 3.11. The molecule has 4 heteroatoms. The standard InChI is InChI=1S/C20H22N2O2/c1-2-22-14-17(13-19(22)23)20(24)21-18-11-7-6-10-16(18)12-15-8-4-3-5-9-15/h3-11,17H,2,12-14H2,1H3,(H,21,24). The van der Waals surface area contributed by atoms with Crippen LogP contribution in [0.15, 0.2) is 54.6 Å². The Balaban J connectivity index is 1.71. The summed E-state index contributed by atoms with van der Waals surface area (Å²) < 4.78 is 0. The number of nitrogens with zero attached hydrogens (tertiary/aromatic N) is 1. The lowest BCUT2D eigenvalue weighted by Crippen LogP contribution is -2.28. The van der Waals surface area contributed by atoms with Gasteiger partial charge in [0.1, 0.15) is 0 Å². The zero-order valence-electron chi connectivity index (χ0n) is 13.9. The Morgan fingerprint density at radius 1 is 1.12 bits per heavy atom. The molecule has 1 atom stereocenters. The van der Waals surface area contributed by atoms with Gasteiger partial charge in [0.25, 0.3) is 0 Å². The number of carbonyl (C=O) groups excluding carboxylic acids is 2. The molecule has 1 N–H and O–H groups in total. The minimum absolute atomic E-state index is 0.0650. The van der Waals surface area contributed by atoms with E-state index in [4.69, 9.17) is 0 Å². The lowest BCUT2D eigenvalue weighted by atomic mass is 10.0. The van der Waals surface area contributed by atoms with Gasteiger partial charge in [0, 0.05) is 25.2 Å². The van der Waals surface area contributed by atoms with Crippen LogP contribution in [0.3, 0.4) is 0 Å². The van der Waals surface area contributed by atoms with Crippen molar-refractivity contribution in [2.45, 2.75) is 19.8 Å². The van der Waals surface area contributed by atoms with Crippen molar-refractivity contribution in [1.82, 2.24) is 4.90 Å². The van der Waals surface area contributed by atoms with Crippen molar-refractivity contribution in [3.05, 3.63) is 65.7 Å². The Labute approximate surface area is 142 Å². The van der Waals surface area contributed by atoms with Crippen molar-refractivity contribution >= 4 is 17.5 Å². The average molecular weight is 322 g/mol. The van der Waals surface area contributed by atoms with Crippen molar-refractivity contribution in [2.75, 3.05) is 18.4 Å². The molecule has 1 unspecified atom stereocenters.